The topological polar surface area (TPSA) is 109 Å². The van der Waals surface area contributed by atoms with Crippen molar-refractivity contribution in [3.63, 3.8) is 0 Å². The number of nitrogens with one attached hydrogen (secondary N) is 2. The van der Waals surface area contributed by atoms with E-state index in [1.165, 1.54) is 18.4 Å². The molecule has 0 atom stereocenters. The van der Waals surface area contributed by atoms with Gasteiger partial charge in [-0.2, -0.15) is 0 Å². The van der Waals surface area contributed by atoms with Crippen molar-refractivity contribution in [1.29, 1.82) is 0 Å². The van der Waals surface area contributed by atoms with E-state index in [2.05, 4.69) is 23.9 Å². The Hall–Kier alpha value is -2.32. The van der Waals surface area contributed by atoms with E-state index in [-0.39, 0.29) is 17.0 Å². The highest BCUT2D eigenvalue weighted by atomic mass is 32.2. The Morgan fingerprint density at radius 2 is 2.04 bits per heavy atom. The maximum absolute atomic E-state index is 12.4. The summed E-state index contributed by atoms with van der Waals surface area (Å²) in [4.78, 5) is 11.4. The minimum atomic E-state index is -3.84. The first kappa shape index (κ1) is 19.0. The van der Waals surface area contributed by atoms with Crippen LogP contribution in [0.15, 0.2) is 45.9 Å². The van der Waals surface area contributed by atoms with Crippen LogP contribution in [0.5, 0.6) is 0 Å². The molecule has 0 spiro atoms. The van der Waals surface area contributed by atoms with Crippen LogP contribution in [-0.2, 0) is 16.6 Å². The lowest BCUT2D eigenvalue weighted by Gasteiger charge is -2.13. The highest BCUT2D eigenvalue weighted by Crippen LogP contribution is 2.21. The fourth-order valence-corrected chi connectivity index (χ4v) is 3.20. The van der Waals surface area contributed by atoms with Gasteiger partial charge < -0.3 is 14.8 Å². The van der Waals surface area contributed by atoms with Gasteiger partial charge in [0.25, 0.3) is 0 Å². The number of sulfonamides is 1. The van der Waals surface area contributed by atoms with Gasteiger partial charge in [0.2, 0.25) is 10.0 Å². The number of hydrogen-bond donors (Lipinski definition) is 3. The van der Waals surface area contributed by atoms with Gasteiger partial charge in [-0.05, 0) is 42.7 Å². The number of carboxylic acids is 1. The molecular weight excluding hydrogens is 344 g/mol. The number of carboxylic acid groups (broad SMARTS) is 1. The third-order valence-electron chi connectivity index (χ3n) is 3.59. The molecule has 1 aromatic carbocycles. The molecule has 3 N–H and O–H groups in total. The van der Waals surface area contributed by atoms with E-state index >= 15 is 0 Å². The Kier molecular flexibility index (Phi) is 6.22. The molecule has 0 saturated heterocycles. The predicted molar refractivity (Wildman–Crippen MR) is 94.1 cm³/mol. The molecule has 0 amide bonds. The van der Waals surface area contributed by atoms with Crippen molar-refractivity contribution >= 4 is 21.7 Å². The second-order valence-electron chi connectivity index (χ2n) is 6.03. The van der Waals surface area contributed by atoms with Crippen molar-refractivity contribution in [3.8, 4) is 0 Å². The average molecular weight is 366 g/mol. The van der Waals surface area contributed by atoms with Crippen molar-refractivity contribution in [2.75, 3.05) is 11.9 Å². The maximum Gasteiger partial charge on any atom is 0.337 e. The number of rotatable bonds is 9. The molecular formula is C17H22N2O5S. The van der Waals surface area contributed by atoms with Crippen LogP contribution in [0, 0.1) is 5.92 Å². The molecule has 25 heavy (non-hydrogen) atoms. The number of furan rings is 1. The molecule has 8 heteroatoms. The molecule has 1 aromatic heterocycles. The van der Waals surface area contributed by atoms with Gasteiger partial charge in [0, 0.05) is 12.2 Å². The minimum Gasteiger partial charge on any atom is -0.478 e. The van der Waals surface area contributed by atoms with Crippen molar-refractivity contribution in [1.82, 2.24) is 4.72 Å². The van der Waals surface area contributed by atoms with Gasteiger partial charge >= 0.3 is 5.97 Å². The summed E-state index contributed by atoms with van der Waals surface area (Å²) in [6.45, 7) is 4.74. The maximum atomic E-state index is 12.4. The van der Waals surface area contributed by atoms with E-state index in [0.717, 1.165) is 12.5 Å². The lowest BCUT2D eigenvalue weighted by Crippen LogP contribution is -2.23. The Labute approximate surface area is 147 Å². The van der Waals surface area contributed by atoms with E-state index in [4.69, 9.17) is 4.42 Å². The highest BCUT2D eigenvalue weighted by Gasteiger charge is 2.19. The van der Waals surface area contributed by atoms with Crippen LogP contribution in [0.4, 0.5) is 5.69 Å². The normalized spacial score (nSPS) is 11.6. The first-order valence-electron chi connectivity index (χ1n) is 7.93. The van der Waals surface area contributed by atoms with E-state index in [0.29, 0.717) is 23.9 Å². The summed E-state index contributed by atoms with van der Waals surface area (Å²) in [5, 5.41) is 12.4. The van der Waals surface area contributed by atoms with Crippen LogP contribution in [-0.4, -0.2) is 26.0 Å². The molecule has 0 aliphatic rings. The van der Waals surface area contributed by atoms with Crippen molar-refractivity contribution in [2.24, 2.45) is 5.92 Å². The second-order valence-corrected chi connectivity index (χ2v) is 7.79. The number of carbonyl (C=O) groups is 1. The third kappa shape index (κ3) is 5.33. The summed E-state index contributed by atoms with van der Waals surface area (Å²) in [5.41, 5.74) is 0.322. The third-order valence-corrected chi connectivity index (χ3v) is 4.98. The van der Waals surface area contributed by atoms with Crippen LogP contribution in [0.3, 0.4) is 0 Å². The fraction of sp³-hybridized carbons (Fsp3) is 0.353. The van der Waals surface area contributed by atoms with Gasteiger partial charge in [-0.3, -0.25) is 0 Å². The van der Waals surface area contributed by atoms with Gasteiger partial charge in [0.1, 0.15) is 5.76 Å². The SMILES string of the molecule is CC(C)CCNc1ccc(S(=O)(=O)NCc2ccco2)cc1C(=O)O. The largest absolute Gasteiger partial charge is 0.478 e. The first-order chi connectivity index (χ1) is 11.8. The van der Waals surface area contributed by atoms with E-state index in [9.17, 15) is 18.3 Å². The molecule has 0 aliphatic carbocycles. The predicted octanol–water partition coefficient (Wildman–Crippen LogP) is 2.91. The zero-order chi connectivity index (χ0) is 18.4. The smallest absolute Gasteiger partial charge is 0.337 e. The Morgan fingerprint density at radius 1 is 1.28 bits per heavy atom. The average Bonchev–Trinajstić information content (AvgIpc) is 3.06. The molecule has 0 saturated carbocycles. The zero-order valence-corrected chi connectivity index (χ0v) is 15.0. The van der Waals surface area contributed by atoms with Crippen LogP contribution in [0.25, 0.3) is 0 Å². The molecule has 1 heterocycles. The molecule has 0 aliphatic heterocycles. The molecule has 2 aromatic rings. The highest BCUT2D eigenvalue weighted by molar-refractivity contribution is 7.89. The monoisotopic (exact) mass is 366 g/mol. The number of hydrogen-bond acceptors (Lipinski definition) is 5. The van der Waals surface area contributed by atoms with Crippen LogP contribution < -0.4 is 10.0 Å². The summed E-state index contributed by atoms with van der Waals surface area (Å²) in [5.74, 6) is -0.240. The Balaban J connectivity index is 2.17. The zero-order valence-electron chi connectivity index (χ0n) is 14.2. The molecule has 7 nitrogen and oxygen atoms in total. The lowest BCUT2D eigenvalue weighted by molar-refractivity contribution is 0.0697. The van der Waals surface area contributed by atoms with Crippen molar-refractivity contribution in [2.45, 2.75) is 31.7 Å². The Morgan fingerprint density at radius 3 is 2.64 bits per heavy atom. The molecule has 0 bridgehead atoms. The summed E-state index contributed by atoms with van der Waals surface area (Å²) < 4.78 is 32.2. The van der Waals surface area contributed by atoms with Gasteiger partial charge in [0.15, 0.2) is 0 Å². The molecule has 136 valence electrons. The van der Waals surface area contributed by atoms with Crippen molar-refractivity contribution in [3.05, 3.63) is 47.9 Å². The van der Waals surface area contributed by atoms with Crippen LogP contribution in [0.2, 0.25) is 0 Å². The minimum absolute atomic E-state index is 0.00781. The molecule has 0 unspecified atom stereocenters. The summed E-state index contributed by atoms with van der Waals surface area (Å²) in [6.07, 6.45) is 2.33. The van der Waals surface area contributed by atoms with Gasteiger partial charge in [-0.1, -0.05) is 13.8 Å². The summed E-state index contributed by atoms with van der Waals surface area (Å²) in [6, 6.07) is 7.32. The van der Waals surface area contributed by atoms with E-state index < -0.39 is 16.0 Å². The standard InChI is InChI=1S/C17H22N2O5S/c1-12(2)7-8-18-16-6-5-14(10-15(16)17(20)21)25(22,23)19-11-13-4-3-9-24-13/h3-6,9-10,12,18-19H,7-8,11H2,1-2H3,(H,20,21). The second kappa shape index (κ2) is 8.17. The van der Waals surface area contributed by atoms with Gasteiger partial charge in [-0.25, -0.2) is 17.9 Å². The molecule has 0 radical (unpaired) electrons. The van der Waals surface area contributed by atoms with Gasteiger partial charge in [-0.15, -0.1) is 0 Å². The molecule has 2 rings (SSSR count). The summed E-state index contributed by atoms with van der Waals surface area (Å²) in [7, 11) is -3.84. The van der Waals surface area contributed by atoms with Gasteiger partial charge in [0.05, 0.1) is 23.3 Å². The fourth-order valence-electron chi connectivity index (χ4n) is 2.18. The first-order valence-corrected chi connectivity index (χ1v) is 9.41. The van der Waals surface area contributed by atoms with Crippen LogP contribution >= 0.6 is 0 Å². The van der Waals surface area contributed by atoms with E-state index in [1.54, 1.807) is 12.1 Å². The molecule has 0 fully saturated rings. The summed E-state index contributed by atoms with van der Waals surface area (Å²) >= 11 is 0. The quantitative estimate of drug-likeness (QED) is 0.630. The number of benzene rings is 1. The lowest BCUT2D eigenvalue weighted by atomic mass is 10.1. The van der Waals surface area contributed by atoms with Crippen LogP contribution in [0.1, 0.15) is 36.4 Å². The number of aromatic carboxylic acids is 1. The number of anilines is 1. The van der Waals surface area contributed by atoms with E-state index in [1.807, 2.05) is 0 Å². The van der Waals surface area contributed by atoms with Crippen molar-refractivity contribution < 1.29 is 22.7 Å². The Bertz CT molecular complexity index is 814.